The lowest BCUT2D eigenvalue weighted by Gasteiger charge is -2.21. The van der Waals surface area contributed by atoms with Crippen molar-refractivity contribution in [1.29, 1.82) is 5.26 Å². The summed E-state index contributed by atoms with van der Waals surface area (Å²) in [7, 11) is 1.54. The molecule has 3 aromatic rings. The summed E-state index contributed by atoms with van der Waals surface area (Å²) < 4.78 is 19.9. The molecule has 0 unspecified atom stereocenters. The number of fused-ring (bicyclic) bond motifs is 2. The second kappa shape index (κ2) is 10.3. The molecule has 0 spiro atoms. The Bertz CT molecular complexity index is 1480. The molecule has 1 aliphatic heterocycles. The third kappa shape index (κ3) is 5.02. The summed E-state index contributed by atoms with van der Waals surface area (Å²) in [6.07, 6.45) is 2.16. The van der Waals surface area contributed by atoms with Crippen LogP contribution in [-0.4, -0.2) is 41.9 Å². The number of halogens is 2. The Balaban J connectivity index is 1.30. The Morgan fingerprint density at radius 3 is 2.74 bits per heavy atom. The monoisotopic (exact) mass is 537 g/mol. The fourth-order valence-corrected chi connectivity index (χ4v) is 5.05. The number of ether oxygens (including phenoxy) is 1. The number of aromatic nitrogens is 1. The molecule has 0 radical (unpaired) electrons. The average Bonchev–Trinajstić information content (AvgIpc) is 3.51. The van der Waals surface area contributed by atoms with Crippen molar-refractivity contribution in [1.82, 2.24) is 15.6 Å². The van der Waals surface area contributed by atoms with Crippen LogP contribution in [0.3, 0.4) is 0 Å². The van der Waals surface area contributed by atoms with Gasteiger partial charge in [0.2, 0.25) is 11.8 Å². The average molecular weight is 538 g/mol. The maximum absolute atomic E-state index is 14.5. The molecule has 3 amide bonds. The molecule has 2 aliphatic rings. The summed E-state index contributed by atoms with van der Waals surface area (Å²) in [6, 6.07) is 9.55. The minimum absolute atomic E-state index is 0.0778. The Morgan fingerprint density at radius 2 is 2.03 bits per heavy atom. The van der Waals surface area contributed by atoms with Gasteiger partial charge in [-0.15, -0.1) is 0 Å². The molecule has 1 aliphatic carbocycles. The van der Waals surface area contributed by atoms with Crippen LogP contribution in [0.5, 0.6) is 5.75 Å². The van der Waals surface area contributed by atoms with Crippen molar-refractivity contribution < 1.29 is 23.5 Å². The first kappa shape index (κ1) is 25.5. The highest BCUT2D eigenvalue weighted by molar-refractivity contribution is 6.34. The lowest BCUT2D eigenvalue weighted by molar-refractivity contribution is -0.124. The number of anilines is 1. The van der Waals surface area contributed by atoms with E-state index in [2.05, 4.69) is 20.9 Å². The second-order valence-corrected chi connectivity index (χ2v) is 10.0. The number of rotatable bonds is 9. The minimum Gasteiger partial charge on any atom is -0.496 e. The topological polar surface area (TPSA) is 136 Å². The van der Waals surface area contributed by atoms with Crippen molar-refractivity contribution in [2.75, 3.05) is 12.4 Å². The first-order chi connectivity index (χ1) is 18.3. The number of benzene rings is 2. The van der Waals surface area contributed by atoms with Crippen molar-refractivity contribution in [2.24, 2.45) is 5.92 Å². The Labute approximate surface area is 222 Å². The SMILES string of the molecule is COc1cccc2[nH]c(C(=O)N[C@@H](CC3CC3)C(=O)N[C@H](C#N)C[C@H]3C(=O)Nc4c(Cl)ccc(F)c43)cc12. The van der Waals surface area contributed by atoms with E-state index in [0.717, 1.165) is 24.3 Å². The maximum Gasteiger partial charge on any atom is 0.268 e. The standard InChI is InChI=1S/C27H25ClFN5O4/c1-38-22-4-2-3-19-15(22)11-21(32-19)27(37)33-20(9-13-5-6-13)26(36)31-14(12-30)10-16-23-18(29)8-7-17(28)24(23)34-25(16)35/h2-4,7-8,11,13-14,16,20,32H,5-6,9-10H2,1H3,(H,31,36)(H,33,37)(H,34,35)/t14-,16+,20-/m0/s1. The fourth-order valence-electron chi connectivity index (χ4n) is 4.84. The number of carbonyl (C=O) groups is 3. The van der Waals surface area contributed by atoms with Crippen LogP contribution < -0.4 is 20.7 Å². The zero-order valence-electron chi connectivity index (χ0n) is 20.4. The van der Waals surface area contributed by atoms with Gasteiger partial charge < -0.3 is 25.7 Å². The van der Waals surface area contributed by atoms with E-state index >= 15 is 0 Å². The van der Waals surface area contributed by atoms with Gasteiger partial charge in [0.25, 0.3) is 5.91 Å². The summed E-state index contributed by atoms with van der Waals surface area (Å²) in [5, 5.41) is 18.6. The van der Waals surface area contributed by atoms with Gasteiger partial charge in [-0.25, -0.2) is 4.39 Å². The van der Waals surface area contributed by atoms with E-state index < -0.39 is 41.5 Å². The molecule has 11 heteroatoms. The van der Waals surface area contributed by atoms with Gasteiger partial charge in [-0.3, -0.25) is 14.4 Å². The van der Waals surface area contributed by atoms with Gasteiger partial charge in [0.05, 0.1) is 29.8 Å². The molecule has 0 saturated heterocycles. The minimum atomic E-state index is -1.10. The Kier molecular flexibility index (Phi) is 6.95. The molecule has 9 nitrogen and oxygen atoms in total. The number of hydrogen-bond acceptors (Lipinski definition) is 5. The number of hydrogen-bond donors (Lipinski definition) is 4. The van der Waals surface area contributed by atoms with Crippen LogP contribution in [0.4, 0.5) is 10.1 Å². The summed E-state index contributed by atoms with van der Waals surface area (Å²) in [5.74, 6) is -2.24. The largest absolute Gasteiger partial charge is 0.496 e. The van der Waals surface area contributed by atoms with Crippen LogP contribution in [0.2, 0.25) is 5.02 Å². The van der Waals surface area contributed by atoms with Crippen LogP contribution in [0, 0.1) is 23.1 Å². The molecule has 0 bridgehead atoms. The van der Waals surface area contributed by atoms with Crippen LogP contribution in [0.25, 0.3) is 10.9 Å². The van der Waals surface area contributed by atoms with Crippen LogP contribution in [0.1, 0.15) is 47.7 Å². The number of H-pyrrole nitrogens is 1. The number of nitrogens with one attached hydrogen (secondary N) is 4. The van der Waals surface area contributed by atoms with Gasteiger partial charge in [-0.05, 0) is 49.1 Å². The molecular formula is C27H25ClFN5O4. The molecule has 196 valence electrons. The van der Waals surface area contributed by atoms with Crippen LogP contribution in [-0.2, 0) is 9.59 Å². The molecule has 2 heterocycles. The molecule has 3 atom stereocenters. The highest BCUT2D eigenvalue weighted by Gasteiger charge is 2.38. The number of methoxy groups -OCH3 is 1. The van der Waals surface area contributed by atoms with Gasteiger partial charge in [0, 0.05) is 16.5 Å². The normalized spacial score (nSPS) is 17.7. The zero-order valence-corrected chi connectivity index (χ0v) is 21.2. The molecule has 38 heavy (non-hydrogen) atoms. The van der Waals surface area contributed by atoms with E-state index in [-0.39, 0.29) is 34.3 Å². The highest BCUT2D eigenvalue weighted by Crippen LogP contribution is 2.41. The van der Waals surface area contributed by atoms with E-state index in [1.165, 1.54) is 6.07 Å². The maximum atomic E-state index is 14.5. The molecule has 1 fully saturated rings. The van der Waals surface area contributed by atoms with E-state index in [0.29, 0.717) is 17.7 Å². The van der Waals surface area contributed by atoms with Crippen molar-refractivity contribution >= 4 is 45.9 Å². The predicted molar refractivity (Wildman–Crippen MR) is 138 cm³/mol. The van der Waals surface area contributed by atoms with Gasteiger partial charge >= 0.3 is 0 Å². The molecule has 4 N–H and O–H groups in total. The Hall–Kier alpha value is -4.10. The summed E-state index contributed by atoms with van der Waals surface area (Å²) in [6.45, 7) is 0. The second-order valence-electron chi connectivity index (χ2n) is 9.60. The van der Waals surface area contributed by atoms with Gasteiger partial charge in [0.15, 0.2) is 0 Å². The zero-order chi connectivity index (χ0) is 27.0. The first-order valence-electron chi connectivity index (χ1n) is 12.2. The third-order valence-corrected chi connectivity index (χ3v) is 7.29. The molecule has 1 aromatic heterocycles. The van der Waals surface area contributed by atoms with Crippen molar-refractivity contribution in [3.63, 3.8) is 0 Å². The summed E-state index contributed by atoms with van der Waals surface area (Å²) >= 11 is 6.10. The third-order valence-electron chi connectivity index (χ3n) is 6.97. The van der Waals surface area contributed by atoms with E-state index in [1.54, 1.807) is 25.3 Å². The first-order valence-corrected chi connectivity index (χ1v) is 12.6. The van der Waals surface area contributed by atoms with Gasteiger partial charge in [-0.1, -0.05) is 30.5 Å². The van der Waals surface area contributed by atoms with Crippen molar-refractivity contribution in [3.8, 4) is 11.8 Å². The Morgan fingerprint density at radius 1 is 1.24 bits per heavy atom. The number of carbonyl (C=O) groups excluding carboxylic acids is 3. The highest BCUT2D eigenvalue weighted by atomic mass is 35.5. The smallest absolute Gasteiger partial charge is 0.268 e. The predicted octanol–water partition coefficient (Wildman–Crippen LogP) is 4.00. The molecule has 1 saturated carbocycles. The quantitative estimate of drug-likeness (QED) is 0.327. The van der Waals surface area contributed by atoms with Crippen LogP contribution >= 0.6 is 11.6 Å². The molecule has 5 rings (SSSR count). The van der Waals surface area contributed by atoms with Gasteiger partial charge in [-0.2, -0.15) is 5.26 Å². The van der Waals surface area contributed by atoms with E-state index in [1.807, 2.05) is 12.1 Å². The van der Waals surface area contributed by atoms with Crippen molar-refractivity contribution in [3.05, 3.63) is 58.5 Å². The van der Waals surface area contributed by atoms with E-state index in [9.17, 15) is 24.0 Å². The summed E-state index contributed by atoms with van der Waals surface area (Å²) in [5.41, 5.74) is 1.24. The number of aromatic amines is 1. The van der Waals surface area contributed by atoms with Crippen LogP contribution in [0.15, 0.2) is 36.4 Å². The fraction of sp³-hybridized carbons (Fsp3) is 0.333. The van der Waals surface area contributed by atoms with Crippen molar-refractivity contribution in [2.45, 2.75) is 43.7 Å². The molecule has 2 aromatic carbocycles. The lowest BCUT2D eigenvalue weighted by atomic mass is 9.93. The van der Waals surface area contributed by atoms with E-state index in [4.69, 9.17) is 16.3 Å². The lowest BCUT2D eigenvalue weighted by Crippen LogP contribution is -2.50. The van der Waals surface area contributed by atoms with Gasteiger partial charge in [0.1, 0.15) is 29.3 Å². The summed E-state index contributed by atoms with van der Waals surface area (Å²) in [4.78, 5) is 41.9. The number of nitrogens with zero attached hydrogens (tertiary/aromatic N) is 1. The number of amides is 3. The molecular weight excluding hydrogens is 513 g/mol. The number of nitriles is 1.